The third-order valence-corrected chi connectivity index (χ3v) is 14.4. The molecule has 2 heterocycles. The van der Waals surface area contributed by atoms with Crippen molar-refractivity contribution in [1.82, 2.24) is 0 Å². The number of benzene rings is 3. The van der Waals surface area contributed by atoms with Crippen LogP contribution in [-0.4, -0.2) is 105 Å². The van der Waals surface area contributed by atoms with Gasteiger partial charge in [0.2, 0.25) is 0 Å². The Labute approximate surface area is 342 Å². The standard InChI is InChI=1S/C42H56N2O7S4/c1-40(2,19-23-52-54-25-21-43(5,6)7)38(46)48-29-15-17-33-35(27-29)50-36-28-30(49-39(47)41(3,4)20-24-53-55-26-22-44(8,9)10)16-18-34(36)42(33)32-14-12-11-13-31(32)37(45)51-42/h11-18,27-28H,19-26H2,1-10H3/q+2. The van der Waals surface area contributed by atoms with Crippen LogP contribution in [0.1, 0.15) is 67.6 Å². The van der Waals surface area contributed by atoms with E-state index in [1.807, 2.05) is 61.4 Å². The molecule has 0 fully saturated rings. The summed E-state index contributed by atoms with van der Waals surface area (Å²) in [6.45, 7) is 9.74. The third kappa shape index (κ3) is 10.8. The van der Waals surface area contributed by atoms with Crippen molar-refractivity contribution in [2.75, 3.05) is 78.4 Å². The Morgan fingerprint density at radius 1 is 0.636 bits per heavy atom. The molecule has 2 aliphatic heterocycles. The summed E-state index contributed by atoms with van der Waals surface area (Å²) < 4.78 is 26.6. The zero-order chi connectivity index (χ0) is 40.2. The van der Waals surface area contributed by atoms with Crippen molar-refractivity contribution in [3.8, 4) is 23.0 Å². The molecule has 298 valence electrons. The van der Waals surface area contributed by atoms with Gasteiger partial charge in [0.25, 0.3) is 0 Å². The number of quaternary nitrogens is 2. The van der Waals surface area contributed by atoms with Crippen molar-refractivity contribution in [2.45, 2.75) is 46.1 Å². The SMILES string of the molecule is CC(C)(CCSSCC[N+](C)(C)C)C(=O)Oc1ccc2c(c1)Oc1cc(OC(=O)C(C)(C)CCSSCC[N+](C)(C)C)ccc1C21OC(=O)c2ccccc21. The molecule has 0 saturated heterocycles. The second kappa shape index (κ2) is 17.4. The fourth-order valence-corrected chi connectivity index (χ4v) is 11.2. The molecule has 3 aromatic rings. The minimum atomic E-state index is -1.32. The number of carbonyl (C=O) groups is 3. The van der Waals surface area contributed by atoms with E-state index in [9.17, 15) is 14.4 Å². The molecule has 1 spiro atoms. The van der Waals surface area contributed by atoms with Gasteiger partial charge >= 0.3 is 17.9 Å². The summed E-state index contributed by atoms with van der Waals surface area (Å²) in [5.41, 5.74) is -0.414. The van der Waals surface area contributed by atoms with E-state index < -0.39 is 22.4 Å². The van der Waals surface area contributed by atoms with Gasteiger partial charge in [-0.15, -0.1) is 0 Å². The second-order valence-corrected chi connectivity index (χ2v) is 22.8. The molecule has 0 unspecified atom stereocenters. The van der Waals surface area contributed by atoms with Gasteiger partial charge in [-0.1, -0.05) is 61.4 Å². The van der Waals surface area contributed by atoms with Gasteiger partial charge in [-0.3, -0.25) is 9.59 Å². The maximum absolute atomic E-state index is 13.5. The first-order valence-corrected chi connectivity index (χ1v) is 23.5. The second-order valence-electron chi connectivity index (χ2n) is 17.4. The van der Waals surface area contributed by atoms with E-state index >= 15 is 0 Å². The first-order valence-electron chi connectivity index (χ1n) is 18.6. The Morgan fingerprint density at radius 3 is 1.53 bits per heavy atom. The van der Waals surface area contributed by atoms with E-state index in [1.54, 1.807) is 70.1 Å². The highest BCUT2D eigenvalue weighted by Crippen LogP contribution is 2.57. The Morgan fingerprint density at radius 2 is 1.07 bits per heavy atom. The summed E-state index contributed by atoms with van der Waals surface area (Å²) in [5, 5.41) is 0. The number of fused-ring (bicyclic) bond motifs is 6. The van der Waals surface area contributed by atoms with Gasteiger partial charge in [-0.25, -0.2) is 4.79 Å². The molecule has 0 aromatic heterocycles. The van der Waals surface area contributed by atoms with E-state index in [2.05, 4.69) is 42.3 Å². The minimum Gasteiger partial charge on any atom is -0.456 e. The molecule has 0 amide bonds. The third-order valence-electron chi connectivity index (χ3n) is 9.66. The molecule has 2 aliphatic rings. The number of rotatable bonds is 18. The van der Waals surface area contributed by atoms with E-state index in [1.165, 1.54) is 0 Å². The van der Waals surface area contributed by atoms with E-state index in [-0.39, 0.29) is 11.9 Å². The first-order chi connectivity index (χ1) is 25.7. The van der Waals surface area contributed by atoms with Crippen LogP contribution in [0.2, 0.25) is 0 Å². The molecule has 9 nitrogen and oxygen atoms in total. The van der Waals surface area contributed by atoms with Crippen molar-refractivity contribution < 1.29 is 42.3 Å². The number of hydrogen-bond acceptors (Lipinski definition) is 11. The van der Waals surface area contributed by atoms with Crippen LogP contribution in [0, 0.1) is 10.8 Å². The highest BCUT2D eigenvalue weighted by Gasteiger charge is 2.53. The van der Waals surface area contributed by atoms with E-state index in [0.717, 1.165) is 45.1 Å². The average molecular weight is 829 g/mol. The molecule has 0 radical (unpaired) electrons. The Hall–Kier alpha value is -2.81. The van der Waals surface area contributed by atoms with Gasteiger partial charge in [0.1, 0.15) is 23.0 Å². The normalized spacial score (nSPS) is 14.8. The number of ether oxygens (including phenoxy) is 4. The number of esters is 3. The molecule has 0 atom stereocenters. The van der Waals surface area contributed by atoms with E-state index in [0.29, 0.717) is 58.1 Å². The Kier molecular flexibility index (Phi) is 13.7. The zero-order valence-electron chi connectivity index (χ0n) is 33.8. The summed E-state index contributed by atoms with van der Waals surface area (Å²) in [6.07, 6.45) is 1.32. The van der Waals surface area contributed by atoms with Crippen LogP contribution in [0.25, 0.3) is 0 Å². The van der Waals surface area contributed by atoms with Gasteiger partial charge < -0.3 is 27.9 Å². The monoisotopic (exact) mass is 828 g/mol. The molecular formula is C42H56N2O7S4+2. The predicted molar refractivity (Wildman–Crippen MR) is 228 cm³/mol. The number of nitrogens with zero attached hydrogens (tertiary/aromatic N) is 2. The fraction of sp³-hybridized carbons (Fsp3) is 0.500. The maximum Gasteiger partial charge on any atom is 0.340 e. The van der Waals surface area contributed by atoms with Crippen LogP contribution < -0.4 is 14.2 Å². The molecule has 0 saturated carbocycles. The fourth-order valence-electron chi connectivity index (χ4n) is 5.91. The average Bonchev–Trinajstić information content (AvgIpc) is 3.39. The van der Waals surface area contributed by atoms with Crippen molar-refractivity contribution in [2.24, 2.45) is 10.8 Å². The van der Waals surface area contributed by atoms with Crippen molar-refractivity contribution in [3.63, 3.8) is 0 Å². The van der Waals surface area contributed by atoms with Crippen molar-refractivity contribution in [3.05, 3.63) is 82.9 Å². The van der Waals surface area contributed by atoms with Crippen LogP contribution in [0.4, 0.5) is 0 Å². The predicted octanol–water partition coefficient (Wildman–Crippen LogP) is 9.07. The van der Waals surface area contributed by atoms with Crippen LogP contribution >= 0.6 is 43.2 Å². The molecule has 13 heteroatoms. The van der Waals surface area contributed by atoms with Crippen LogP contribution in [0.3, 0.4) is 0 Å². The molecular weight excluding hydrogens is 773 g/mol. The minimum absolute atomic E-state index is 0.316. The highest BCUT2D eigenvalue weighted by atomic mass is 33.1. The zero-order valence-corrected chi connectivity index (χ0v) is 37.1. The summed E-state index contributed by atoms with van der Waals surface area (Å²) >= 11 is 0. The topological polar surface area (TPSA) is 88.1 Å². The lowest BCUT2D eigenvalue weighted by Gasteiger charge is -2.36. The lowest BCUT2D eigenvalue weighted by molar-refractivity contribution is -0.867. The smallest absolute Gasteiger partial charge is 0.340 e. The molecule has 0 N–H and O–H groups in total. The lowest BCUT2D eigenvalue weighted by Crippen LogP contribution is -2.36. The van der Waals surface area contributed by atoms with Crippen LogP contribution in [0.5, 0.6) is 23.0 Å². The summed E-state index contributed by atoms with van der Waals surface area (Å²) in [6, 6.07) is 17.6. The molecule has 55 heavy (non-hydrogen) atoms. The Bertz CT molecular complexity index is 1780. The number of hydrogen-bond donors (Lipinski definition) is 0. The van der Waals surface area contributed by atoms with Gasteiger partial charge in [0.05, 0.1) is 83.3 Å². The maximum atomic E-state index is 13.5. The molecule has 0 bridgehead atoms. The van der Waals surface area contributed by atoms with Gasteiger partial charge in [-0.05, 0) is 70.9 Å². The van der Waals surface area contributed by atoms with Gasteiger partial charge in [-0.2, -0.15) is 0 Å². The van der Waals surface area contributed by atoms with Gasteiger partial charge in [0.15, 0.2) is 5.60 Å². The van der Waals surface area contributed by atoms with Crippen molar-refractivity contribution >= 4 is 61.1 Å². The molecule has 3 aromatic carbocycles. The largest absolute Gasteiger partial charge is 0.456 e. The summed E-state index contributed by atoms with van der Waals surface area (Å²) in [4.78, 5) is 40.3. The molecule has 5 rings (SSSR count). The Balaban J connectivity index is 1.33. The van der Waals surface area contributed by atoms with Crippen LogP contribution in [0.15, 0.2) is 60.7 Å². The highest BCUT2D eigenvalue weighted by molar-refractivity contribution is 8.77. The number of carbonyl (C=O) groups excluding carboxylic acids is 3. The van der Waals surface area contributed by atoms with E-state index in [4.69, 9.17) is 18.9 Å². The van der Waals surface area contributed by atoms with Gasteiger partial charge in [0, 0.05) is 40.3 Å². The first kappa shape index (κ1) is 43.3. The van der Waals surface area contributed by atoms with Crippen molar-refractivity contribution in [1.29, 1.82) is 0 Å². The summed E-state index contributed by atoms with van der Waals surface area (Å²) in [7, 11) is 20.3. The molecule has 0 aliphatic carbocycles. The quantitative estimate of drug-likeness (QED) is 0.0405. The van der Waals surface area contributed by atoms with Crippen LogP contribution in [-0.2, 0) is 19.9 Å². The summed E-state index contributed by atoms with van der Waals surface area (Å²) in [5.74, 6) is 3.95. The lowest BCUT2D eigenvalue weighted by atomic mass is 9.77.